The number of ether oxygens (including phenoxy) is 1. The van der Waals surface area contributed by atoms with Gasteiger partial charge in [-0.3, -0.25) is 4.79 Å². The van der Waals surface area contributed by atoms with Crippen molar-refractivity contribution in [3.8, 4) is 5.75 Å². The summed E-state index contributed by atoms with van der Waals surface area (Å²) >= 11 is 0. The Bertz CT molecular complexity index is 721. The standard InChI is InChI=1S/C18H22N2O3/c1-11-8-12(2)18(13(3)9-11)22-10-17(21)20-19-15(5)16-7-6-14(4)23-16/h6-9H,10H2,1-5H3,(H,20,21)/b19-15+. The molecule has 0 aliphatic carbocycles. The van der Waals surface area contributed by atoms with Gasteiger partial charge < -0.3 is 9.15 Å². The van der Waals surface area contributed by atoms with Gasteiger partial charge in [-0.25, -0.2) is 5.43 Å². The van der Waals surface area contributed by atoms with Gasteiger partial charge >= 0.3 is 0 Å². The molecule has 1 amide bonds. The molecule has 5 nitrogen and oxygen atoms in total. The number of hydrogen-bond donors (Lipinski definition) is 1. The topological polar surface area (TPSA) is 63.8 Å². The lowest BCUT2D eigenvalue weighted by Gasteiger charge is -2.12. The molecule has 1 heterocycles. The lowest BCUT2D eigenvalue weighted by molar-refractivity contribution is -0.123. The summed E-state index contributed by atoms with van der Waals surface area (Å²) < 4.78 is 11.1. The van der Waals surface area contributed by atoms with Crippen LogP contribution >= 0.6 is 0 Å². The average molecular weight is 314 g/mol. The molecule has 2 aromatic rings. The van der Waals surface area contributed by atoms with Gasteiger partial charge in [0.1, 0.15) is 23.0 Å². The van der Waals surface area contributed by atoms with E-state index >= 15 is 0 Å². The second-order valence-corrected chi connectivity index (χ2v) is 5.66. The fourth-order valence-corrected chi connectivity index (χ4v) is 2.39. The van der Waals surface area contributed by atoms with Gasteiger partial charge in [0.2, 0.25) is 0 Å². The van der Waals surface area contributed by atoms with E-state index < -0.39 is 0 Å². The highest BCUT2D eigenvalue weighted by Gasteiger charge is 2.09. The molecule has 2 rings (SSSR count). The van der Waals surface area contributed by atoms with E-state index in [4.69, 9.17) is 9.15 Å². The molecule has 0 aliphatic rings. The third-order valence-corrected chi connectivity index (χ3v) is 3.40. The largest absolute Gasteiger partial charge is 0.483 e. The van der Waals surface area contributed by atoms with Crippen molar-refractivity contribution in [2.75, 3.05) is 6.61 Å². The van der Waals surface area contributed by atoms with E-state index in [-0.39, 0.29) is 12.5 Å². The lowest BCUT2D eigenvalue weighted by atomic mass is 10.1. The first kappa shape index (κ1) is 16.8. The highest BCUT2D eigenvalue weighted by Crippen LogP contribution is 2.24. The zero-order valence-electron chi connectivity index (χ0n) is 14.2. The van der Waals surface area contributed by atoms with Crippen LogP contribution in [0.1, 0.15) is 35.1 Å². The quantitative estimate of drug-likeness (QED) is 0.679. The van der Waals surface area contributed by atoms with Crippen molar-refractivity contribution >= 4 is 11.6 Å². The van der Waals surface area contributed by atoms with Crippen LogP contribution in [0.4, 0.5) is 0 Å². The number of benzene rings is 1. The zero-order valence-corrected chi connectivity index (χ0v) is 14.2. The van der Waals surface area contributed by atoms with E-state index in [0.717, 1.165) is 22.6 Å². The average Bonchev–Trinajstić information content (AvgIpc) is 2.90. The van der Waals surface area contributed by atoms with Crippen molar-refractivity contribution < 1.29 is 13.9 Å². The minimum Gasteiger partial charge on any atom is -0.483 e. The predicted octanol–water partition coefficient (Wildman–Crippen LogP) is 3.43. The minimum atomic E-state index is -0.313. The summed E-state index contributed by atoms with van der Waals surface area (Å²) in [5.41, 5.74) is 6.28. The van der Waals surface area contributed by atoms with E-state index in [9.17, 15) is 4.79 Å². The summed E-state index contributed by atoms with van der Waals surface area (Å²) in [4.78, 5) is 11.9. The molecule has 122 valence electrons. The van der Waals surface area contributed by atoms with Crippen LogP contribution in [0.3, 0.4) is 0 Å². The van der Waals surface area contributed by atoms with Crippen molar-refractivity contribution in [2.45, 2.75) is 34.6 Å². The lowest BCUT2D eigenvalue weighted by Crippen LogP contribution is -2.26. The van der Waals surface area contributed by atoms with Crippen LogP contribution in [0.15, 0.2) is 33.8 Å². The first-order valence-electron chi connectivity index (χ1n) is 7.47. The number of hydrazone groups is 1. The minimum absolute atomic E-state index is 0.0846. The fourth-order valence-electron chi connectivity index (χ4n) is 2.39. The molecule has 0 atom stereocenters. The SMILES string of the molecule is C/C(=N\NC(=O)COc1c(C)cc(C)cc1C)c1ccc(C)o1. The van der Waals surface area contributed by atoms with E-state index in [1.807, 2.05) is 52.0 Å². The molecule has 0 aliphatic heterocycles. The Kier molecular flexibility index (Phi) is 5.21. The van der Waals surface area contributed by atoms with E-state index in [1.54, 1.807) is 6.92 Å². The van der Waals surface area contributed by atoms with Gasteiger partial charge in [0.25, 0.3) is 5.91 Å². The molecule has 5 heteroatoms. The van der Waals surface area contributed by atoms with Crippen LogP contribution < -0.4 is 10.2 Å². The van der Waals surface area contributed by atoms with Crippen LogP contribution in [0.5, 0.6) is 5.75 Å². The molecule has 0 fully saturated rings. The zero-order chi connectivity index (χ0) is 17.0. The Morgan fingerprint density at radius 2 is 1.83 bits per heavy atom. The van der Waals surface area contributed by atoms with Gasteiger partial charge in [-0.2, -0.15) is 5.10 Å². The molecular weight excluding hydrogens is 292 g/mol. The molecule has 1 aromatic carbocycles. The summed E-state index contributed by atoms with van der Waals surface area (Å²) in [7, 11) is 0. The monoisotopic (exact) mass is 314 g/mol. The van der Waals surface area contributed by atoms with Crippen LogP contribution in [0, 0.1) is 27.7 Å². The highest BCUT2D eigenvalue weighted by molar-refractivity contribution is 5.96. The summed E-state index contributed by atoms with van der Waals surface area (Å²) in [5.74, 6) is 1.86. The van der Waals surface area contributed by atoms with Crippen LogP contribution in [-0.2, 0) is 4.79 Å². The van der Waals surface area contributed by atoms with Crippen molar-refractivity contribution in [3.63, 3.8) is 0 Å². The van der Waals surface area contributed by atoms with Gasteiger partial charge in [-0.1, -0.05) is 17.7 Å². The predicted molar refractivity (Wildman–Crippen MR) is 89.9 cm³/mol. The number of hydrogen-bond acceptors (Lipinski definition) is 4. The Morgan fingerprint density at radius 1 is 1.17 bits per heavy atom. The van der Waals surface area contributed by atoms with Crippen molar-refractivity contribution in [1.82, 2.24) is 5.43 Å². The van der Waals surface area contributed by atoms with Gasteiger partial charge in [-0.15, -0.1) is 0 Å². The van der Waals surface area contributed by atoms with Gasteiger partial charge in [0.05, 0.1) is 0 Å². The maximum atomic E-state index is 11.9. The Morgan fingerprint density at radius 3 is 2.39 bits per heavy atom. The van der Waals surface area contributed by atoms with Crippen LogP contribution in [0.2, 0.25) is 0 Å². The van der Waals surface area contributed by atoms with E-state index in [2.05, 4.69) is 10.5 Å². The fraction of sp³-hybridized carbons (Fsp3) is 0.333. The maximum Gasteiger partial charge on any atom is 0.277 e. The molecule has 0 unspecified atom stereocenters. The molecule has 0 bridgehead atoms. The molecule has 0 saturated heterocycles. The smallest absolute Gasteiger partial charge is 0.277 e. The normalized spacial score (nSPS) is 11.4. The summed E-state index contributed by atoms with van der Waals surface area (Å²) in [5, 5.41) is 4.02. The number of amides is 1. The highest BCUT2D eigenvalue weighted by atomic mass is 16.5. The molecule has 1 aromatic heterocycles. The Labute approximate surface area is 136 Å². The van der Waals surface area contributed by atoms with Crippen molar-refractivity contribution in [2.24, 2.45) is 5.10 Å². The van der Waals surface area contributed by atoms with E-state index in [1.165, 1.54) is 5.56 Å². The molecule has 0 spiro atoms. The molecule has 23 heavy (non-hydrogen) atoms. The summed E-state index contributed by atoms with van der Waals surface area (Å²) in [6.45, 7) is 9.51. The summed E-state index contributed by atoms with van der Waals surface area (Å²) in [6, 6.07) is 7.72. The number of furan rings is 1. The van der Waals surface area contributed by atoms with Crippen molar-refractivity contribution in [1.29, 1.82) is 0 Å². The third kappa shape index (κ3) is 4.45. The van der Waals surface area contributed by atoms with Gasteiger partial charge in [0, 0.05) is 0 Å². The molecule has 1 N–H and O–H groups in total. The second-order valence-electron chi connectivity index (χ2n) is 5.66. The Balaban J connectivity index is 1.93. The molecule has 0 saturated carbocycles. The number of nitrogens with zero attached hydrogens (tertiary/aromatic N) is 1. The number of rotatable bonds is 5. The first-order chi connectivity index (χ1) is 10.9. The molecule has 0 radical (unpaired) electrons. The third-order valence-electron chi connectivity index (χ3n) is 3.40. The van der Waals surface area contributed by atoms with Gasteiger partial charge in [0.15, 0.2) is 6.61 Å². The van der Waals surface area contributed by atoms with Crippen LogP contribution in [0.25, 0.3) is 0 Å². The maximum absolute atomic E-state index is 11.9. The number of carbonyl (C=O) groups is 1. The van der Waals surface area contributed by atoms with E-state index in [0.29, 0.717) is 11.5 Å². The van der Waals surface area contributed by atoms with Crippen LogP contribution in [-0.4, -0.2) is 18.2 Å². The molecular formula is C18H22N2O3. The Hall–Kier alpha value is -2.56. The summed E-state index contributed by atoms with van der Waals surface area (Å²) in [6.07, 6.45) is 0. The number of carbonyl (C=O) groups excluding carboxylic acids is 1. The first-order valence-corrected chi connectivity index (χ1v) is 7.47. The van der Waals surface area contributed by atoms with Crippen molar-refractivity contribution in [3.05, 3.63) is 52.5 Å². The van der Waals surface area contributed by atoms with Gasteiger partial charge in [-0.05, 0) is 57.9 Å². The second kappa shape index (κ2) is 7.13. The number of nitrogens with one attached hydrogen (secondary N) is 1. The number of aryl methyl sites for hydroxylation is 4.